The molecule has 6 nitrogen and oxygen atoms in total. The van der Waals surface area contributed by atoms with Crippen molar-refractivity contribution in [3.05, 3.63) is 105 Å². The fraction of sp³-hybridized carbons (Fsp3) is 0.576. The first-order chi connectivity index (χ1) is 32.9. The van der Waals surface area contributed by atoms with Gasteiger partial charge in [-0.3, -0.25) is 0 Å². The van der Waals surface area contributed by atoms with Gasteiger partial charge >= 0.3 is 0 Å². The lowest BCUT2D eigenvalue weighted by atomic mass is 9.59. The van der Waals surface area contributed by atoms with Crippen LogP contribution in [0.15, 0.2) is 54.6 Å². The van der Waals surface area contributed by atoms with Crippen molar-refractivity contribution in [2.75, 3.05) is 0 Å². The van der Waals surface area contributed by atoms with Crippen LogP contribution in [0.25, 0.3) is 55.2 Å². The van der Waals surface area contributed by atoms with Crippen molar-refractivity contribution in [3.63, 3.8) is 0 Å². The standard InChI is InChI=1S/C66H88N6/c1-26-66(27-2)65(25,71-48-35-41-39(59(13,14)63(21,22)61(41,17)18)33-46(48)69-52(71)50-37(3)29-28-30-44(50)67-54(69)57(7,8)9)43-31-38(56(4,5)6)32-45-51(43)53-70(55(68-45)58(10,11)12)47-34-40-42(36-49(47)72(53)66)62(19,20)64(23,24)60(40,15)16/h28-36H,26-27H2,1-25H3/q+2. The highest BCUT2D eigenvalue weighted by Crippen LogP contribution is 2.64. The number of hydrogen-bond acceptors (Lipinski definition) is 2. The minimum Gasteiger partial charge on any atom is -0.212 e. The first kappa shape index (κ1) is 49.4. The summed E-state index contributed by atoms with van der Waals surface area (Å²) in [5.41, 5.74) is 17.3. The van der Waals surface area contributed by atoms with E-state index < -0.39 is 11.1 Å². The Hall–Kier alpha value is -4.84. The monoisotopic (exact) mass is 965 g/mol. The topological polar surface area (TPSA) is 42.4 Å². The molecular weight excluding hydrogens is 877 g/mol. The Morgan fingerprint density at radius 1 is 0.472 bits per heavy atom. The Labute approximate surface area is 432 Å². The van der Waals surface area contributed by atoms with Crippen LogP contribution in [0.4, 0.5) is 0 Å². The van der Waals surface area contributed by atoms with Crippen molar-refractivity contribution >= 4 is 55.2 Å². The lowest BCUT2D eigenvalue weighted by Gasteiger charge is -2.47. The van der Waals surface area contributed by atoms with E-state index in [1.807, 2.05) is 0 Å². The van der Waals surface area contributed by atoms with E-state index in [2.05, 4.69) is 246 Å². The molecule has 0 saturated carbocycles. The summed E-state index contributed by atoms with van der Waals surface area (Å²) in [5, 5.41) is 2.49. The summed E-state index contributed by atoms with van der Waals surface area (Å²) in [4.78, 5) is 11.7. The van der Waals surface area contributed by atoms with E-state index in [0.717, 1.165) is 35.5 Å². The summed E-state index contributed by atoms with van der Waals surface area (Å²) in [6.07, 6.45) is 1.81. The molecule has 72 heavy (non-hydrogen) atoms. The predicted molar refractivity (Wildman–Crippen MR) is 303 cm³/mol. The highest BCUT2D eigenvalue weighted by molar-refractivity contribution is 6.00. The molecule has 1 atom stereocenters. The summed E-state index contributed by atoms with van der Waals surface area (Å²) in [6, 6.07) is 22.5. The van der Waals surface area contributed by atoms with Crippen LogP contribution in [0.1, 0.15) is 230 Å². The molecule has 1 unspecified atom stereocenters. The van der Waals surface area contributed by atoms with Crippen LogP contribution in [-0.4, -0.2) is 18.8 Å². The van der Waals surface area contributed by atoms with Gasteiger partial charge in [0.1, 0.15) is 0 Å². The number of aromatic nitrogens is 6. The van der Waals surface area contributed by atoms with Gasteiger partial charge in [0.15, 0.2) is 33.1 Å². The molecule has 0 fully saturated rings. The molecule has 6 heteroatoms. The Bertz CT molecular complexity index is 3740. The lowest BCUT2D eigenvalue weighted by molar-refractivity contribution is -0.831. The number of hydrogen-bond donors (Lipinski definition) is 0. The molecule has 1 aliphatic heterocycles. The maximum Gasteiger partial charge on any atom is 0.299 e. The van der Waals surface area contributed by atoms with Crippen LogP contribution >= 0.6 is 0 Å². The van der Waals surface area contributed by atoms with Crippen LogP contribution in [0.3, 0.4) is 0 Å². The number of fused-ring (bicyclic) bond motifs is 10. The molecule has 0 amide bonds. The smallest absolute Gasteiger partial charge is 0.212 e. The molecule has 11 rings (SSSR count). The fourth-order valence-electron chi connectivity index (χ4n) is 15.5. The van der Waals surface area contributed by atoms with Crippen LogP contribution in [0.2, 0.25) is 0 Å². The third-order valence-corrected chi connectivity index (χ3v) is 22.4. The highest BCUT2D eigenvalue weighted by atomic mass is 15.3. The van der Waals surface area contributed by atoms with Gasteiger partial charge in [-0.15, -0.1) is 0 Å². The average molecular weight is 965 g/mol. The van der Waals surface area contributed by atoms with E-state index in [-0.39, 0.29) is 48.7 Å². The minimum atomic E-state index is -0.679. The maximum atomic E-state index is 6.00. The zero-order valence-corrected chi connectivity index (χ0v) is 49.3. The Morgan fingerprint density at radius 2 is 0.889 bits per heavy atom. The minimum absolute atomic E-state index is 0.00796. The molecule has 0 spiro atoms. The molecule has 2 aliphatic carbocycles. The molecule has 5 heterocycles. The molecule has 8 aromatic rings. The van der Waals surface area contributed by atoms with Crippen molar-refractivity contribution in [1.82, 2.24) is 18.8 Å². The second kappa shape index (κ2) is 13.7. The van der Waals surface area contributed by atoms with E-state index in [0.29, 0.717) is 0 Å². The Balaban J connectivity index is 1.48. The van der Waals surface area contributed by atoms with Crippen molar-refractivity contribution in [3.8, 4) is 0 Å². The lowest BCUT2D eigenvalue weighted by Crippen LogP contribution is -2.77. The molecule has 4 aromatic carbocycles. The number of imidazole rings is 2. The number of nitrogens with zero attached hydrogens (tertiary/aromatic N) is 6. The SMILES string of the molecule is CCC1(CC)[n+]2c3cc4c(cc3n3c(C(C)(C)C)nc5cc(C(C)(C)C)cc(c5c32)C1(C)[n+]1c2cc3c(cc2n2c(C(C)(C)C)nc5cccc(C)c5c21)C(C)(C)C(C)(C)C3(C)C)C(C)(C)C(C)(C)C4(C)C. The molecule has 0 N–H and O–H groups in total. The highest BCUT2D eigenvalue weighted by Gasteiger charge is 2.66. The van der Waals surface area contributed by atoms with Gasteiger partial charge in [-0.05, 0) is 140 Å². The number of benzene rings is 4. The number of aryl methyl sites for hydroxylation is 1. The van der Waals surface area contributed by atoms with Gasteiger partial charge < -0.3 is 0 Å². The van der Waals surface area contributed by atoms with E-state index in [9.17, 15) is 0 Å². The van der Waals surface area contributed by atoms with Crippen LogP contribution in [0, 0.1) is 17.8 Å². The summed E-state index contributed by atoms with van der Waals surface area (Å²) in [6.45, 7) is 61.3. The fourth-order valence-corrected chi connectivity index (χ4v) is 15.5. The van der Waals surface area contributed by atoms with Gasteiger partial charge in [0.05, 0.1) is 21.8 Å². The molecule has 380 valence electrons. The van der Waals surface area contributed by atoms with Gasteiger partial charge in [0, 0.05) is 16.4 Å². The molecule has 0 saturated heterocycles. The Kier molecular flexibility index (Phi) is 9.40. The van der Waals surface area contributed by atoms with Gasteiger partial charge in [0.2, 0.25) is 11.6 Å². The van der Waals surface area contributed by atoms with Crippen molar-refractivity contribution in [1.29, 1.82) is 0 Å². The third kappa shape index (κ3) is 5.34. The van der Waals surface area contributed by atoms with Crippen LogP contribution in [-0.2, 0) is 49.0 Å². The van der Waals surface area contributed by atoms with E-state index >= 15 is 0 Å². The van der Waals surface area contributed by atoms with E-state index in [1.165, 1.54) is 83.1 Å². The van der Waals surface area contributed by atoms with Crippen LogP contribution < -0.4 is 9.13 Å². The molecule has 3 aliphatic rings. The number of rotatable bonds is 3. The van der Waals surface area contributed by atoms with E-state index in [1.54, 1.807) is 0 Å². The molecular formula is C66H88N6+2. The molecule has 4 aromatic heterocycles. The largest absolute Gasteiger partial charge is 0.299 e. The molecule has 0 radical (unpaired) electrons. The predicted octanol–water partition coefficient (Wildman–Crippen LogP) is 15.9. The second-order valence-electron chi connectivity index (χ2n) is 29.8. The van der Waals surface area contributed by atoms with Crippen molar-refractivity contribution < 1.29 is 9.13 Å². The summed E-state index contributed by atoms with van der Waals surface area (Å²) in [5.74, 6) is 2.20. The third-order valence-electron chi connectivity index (χ3n) is 22.4. The zero-order valence-electron chi connectivity index (χ0n) is 49.3. The van der Waals surface area contributed by atoms with Crippen molar-refractivity contribution in [2.45, 2.75) is 235 Å². The quantitative estimate of drug-likeness (QED) is 0.166. The van der Waals surface area contributed by atoms with Gasteiger partial charge in [-0.25, -0.2) is 19.1 Å². The average Bonchev–Trinajstić information content (AvgIpc) is 3.85. The Morgan fingerprint density at radius 3 is 1.32 bits per heavy atom. The van der Waals surface area contributed by atoms with Gasteiger partial charge in [-0.1, -0.05) is 171 Å². The summed E-state index contributed by atoms with van der Waals surface area (Å²) >= 11 is 0. The second-order valence-corrected chi connectivity index (χ2v) is 29.8. The van der Waals surface area contributed by atoms with Gasteiger partial charge in [0.25, 0.3) is 11.3 Å². The molecule has 0 bridgehead atoms. The van der Waals surface area contributed by atoms with Gasteiger partial charge in [-0.2, -0.15) is 8.80 Å². The van der Waals surface area contributed by atoms with Crippen LogP contribution in [0.5, 0.6) is 0 Å². The first-order valence-corrected chi connectivity index (χ1v) is 27.7. The maximum absolute atomic E-state index is 6.00. The van der Waals surface area contributed by atoms with E-state index in [4.69, 9.17) is 9.97 Å². The summed E-state index contributed by atoms with van der Waals surface area (Å²) in [7, 11) is 0. The zero-order chi connectivity index (χ0) is 53.0. The first-order valence-electron chi connectivity index (χ1n) is 27.7. The summed E-state index contributed by atoms with van der Waals surface area (Å²) < 4.78 is 11.1. The van der Waals surface area contributed by atoms with Crippen molar-refractivity contribution in [2.24, 2.45) is 10.8 Å². The normalized spacial score (nSPS) is 22.3.